The molecule has 4 heteroatoms. The highest BCUT2D eigenvalue weighted by atomic mass is 35.5. The predicted octanol–water partition coefficient (Wildman–Crippen LogP) is 3.22. The van der Waals surface area contributed by atoms with Gasteiger partial charge in [-0.15, -0.1) is 11.3 Å². The molecule has 0 aromatic carbocycles. The standard InChI is InChI=1S/C11H16ClNOS/c12-11-2-1-10(15-11)9(13)7-8-3-5-14-6-4-8/h1-2,8-9H,3-7,13H2. The molecule has 1 aromatic heterocycles. The van der Waals surface area contributed by atoms with Gasteiger partial charge in [-0.1, -0.05) is 11.6 Å². The molecule has 15 heavy (non-hydrogen) atoms. The minimum absolute atomic E-state index is 0.144. The van der Waals surface area contributed by atoms with Crippen LogP contribution < -0.4 is 5.73 Å². The molecule has 2 heterocycles. The van der Waals surface area contributed by atoms with E-state index in [-0.39, 0.29) is 6.04 Å². The lowest BCUT2D eigenvalue weighted by molar-refractivity contribution is 0.0619. The summed E-state index contributed by atoms with van der Waals surface area (Å²) in [6, 6.07) is 4.10. The average molecular weight is 246 g/mol. The third kappa shape index (κ3) is 3.18. The van der Waals surface area contributed by atoms with Gasteiger partial charge in [-0.05, 0) is 37.3 Å². The van der Waals surface area contributed by atoms with Crippen LogP contribution in [0.4, 0.5) is 0 Å². The first-order valence-corrected chi connectivity index (χ1v) is 6.53. The third-order valence-electron chi connectivity index (χ3n) is 2.89. The molecule has 0 spiro atoms. The van der Waals surface area contributed by atoms with Crippen LogP contribution in [0.5, 0.6) is 0 Å². The number of rotatable bonds is 3. The van der Waals surface area contributed by atoms with E-state index in [2.05, 4.69) is 0 Å². The number of nitrogens with two attached hydrogens (primary N) is 1. The van der Waals surface area contributed by atoms with Crippen LogP contribution in [-0.2, 0) is 4.74 Å². The highest BCUT2D eigenvalue weighted by Crippen LogP contribution is 2.31. The van der Waals surface area contributed by atoms with Crippen LogP contribution in [0.3, 0.4) is 0 Å². The molecule has 1 aliphatic heterocycles. The van der Waals surface area contributed by atoms with Crippen molar-refractivity contribution in [1.29, 1.82) is 0 Å². The lowest BCUT2D eigenvalue weighted by atomic mass is 9.92. The first-order valence-electron chi connectivity index (χ1n) is 5.34. The molecule has 1 aromatic rings. The summed E-state index contributed by atoms with van der Waals surface area (Å²) in [6.07, 6.45) is 3.35. The molecular weight excluding hydrogens is 230 g/mol. The molecule has 2 N–H and O–H groups in total. The zero-order valence-electron chi connectivity index (χ0n) is 8.62. The van der Waals surface area contributed by atoms with Crippen molar-refractivity contribution in [2.45, 2.75) is 25.3 Å². The fourth-order valence-electron chi connectivity index (χ4n) is 1.98. The van der Waals surface area contributed by atoms with E-state index < -0.39 is 0 Å². The number of hydrogen-bond acceptors (Lipinski definition) is 3. The van der Waals surface area contributed by atoms with E-state index in [4.69, 9.17) is 22.1 Å². The maximum absolute atomic E-state index is 6.15. The fourth-order valence-corrected chi connectivity index (χ4v) is 3.06. The van der Waals surface area contributed by atoms with Crippen LogP contribution in [0.25, 0.3) is 0 Å². The molecular formula is C11H16ClNOS. The van der Waals surface area contributed by atoms with Crippen molar-refractivity contribution in [3.8, 4) is 0 Å². The van der Waals surface area contributed by atoms with Gasteiger partial charge >= 0.3 is 0 Å². The van der Waals surface area contributed by atoms with Crippen LogP contribution in [-0.4, -0.2) is 13.2 Å². The van der Waals surface area contributed by atoms with Crippen molar-refractivity contribution in [2.75, 3.05) is 13.2 Å². The SMILES string of the molecule is NC(CC1CCOCC1)c1ccc(Cl)s1. The molecule has 0 saturated carbocycles. The maximum Gasteiger partial charge on any atom is 0.0931 e. The molecule has 1 saturated heterocycles. The number of hydrogen-bond donors (Lipinski definition) is 1. The van der Waals surface area contributed by atoms with Gasteiger partial charge in [0.1, 0.15) is 0 Å². The Hall–Kier alpha value is -0.0900. The second-order valence-electron chi connectivity index (χ2n) is 4.04. The van der Waals surface area contributed by atoms with Gasteiger partial charge in [0.2, 0.25) is 0 Å². The first-order chi connectivity index (χ1) is 7.25. The lowest BCUT2D eigenvalue weighted by Crippen LogP contribution is -2.21. The van der Waals surface area contributed by atoms with Crippen molar-refractivity contribution in [1.82, 2.24) is 0 Å². The molecule has 2 nitrogen and oxygen atoms in total. The van der Waals surface area contributed by atoms with Crippen LogP contribution in [0, 0.1) is 5.92 Å². The van der Waals surface area contributed by atoms with Crippen LogP contribution in [0.15, 0.2) is 12.1 Å². The summed E-state index contributed by atoms with van der Waals surface area (Å²) < 4.78 is 6.16. The van der Waals surface area contributed by atoms with Gasteiger partial charge in [-0.25, -0.2) is 0 Å². The Morgan fingerprint density at radius 1 is 1.47 bits per heavy atom. The summed E-state index contributed by atoms with van der Waals surface area (Å²) >= 11 is 7.48. The zero-order valence-corrected chi connectivity index (χ0v) is 10.2. The molecule has 1 unspecified atom stereocenters. The summed E-state index contributed by atoms with van der Waals surface area (Å²) in [7, 11) is 0. The summed E-state index contributed by atoms with van der Waals surface area (Å²) in [5, 5.41) is 0. The highest BCUT2D eigenvalue weighted by Gasteiger charge is 2.18. The average Bonchev–Trinajstić information content (AvgIpc) is 2.66. The molecule has 0 aliphatic carbocycles. The fraction of sp³-hybridized carbons (Fsp3) is 0.636. The quantitative estimate of drug-likeness (QED) is 0.888. The Labute approximate surface area is 99.4 Å². The van der Waals surface area contributed by atoms with E-state index in [1.807, 2.05) is 12.1 Å². The van der Waals surface area contributed by atoms with Crippen LogP contribution >= 0.6 is 22.9 Å². The van der Waals surface area contributed by atoms with Crippen molar-refractivity contribution >= 4 is 22.9 Å². The summed E-state index contributed by atoms with van der Waals surface area (Å²) in [4.78, 5) is 1.20. The van der Waals surface area contributed by atoms with Crippen molar-refractivity contribution < 1.29 is 4.74 Å². The van der Waals surface area contributed by atoms with E-state index in [0.717, 1.165) is 42.7 Å². The Kier molecular flexibility index (Phi) is 4.03. The van der Waals surface area contributed by atoms with E-state index in [0.29, 0.717) is 0 Å². The molecule has 1 atom stereocenters. The van der Waals surface area contributed by atoms with Crippen molar-refractivity contribution in [2.24, 2.45) is 11.7 Å². The van der Waals surface area contributed by atoms with Gasteiger partial charge in [0.15, 0.2) is 0 Å². The smallest absolute Gasteiger partial charge is 0.0931 e. The van der Waals surface area contributed by atoms with Crippen LogP contribution in [0.2, 0.25) is 4.34 Å². The largest absolute Gasteiger partial charge is 0.381 e. The maximum atomic E-state index is 6.15. The molecule has 84 valence electrons. The monoisotopic (exact) mass is 245 g/mol. The van der Waals surface area contributed by atoms with Gasteiger partial charge in [-0.3, -0.25) is 0 Å². The topological polar surface area (TPSA) is 35.2 Å². The molecule has 0 radical (unpaired) electrons. The predicted molar refractivity (Wildman–Crippen MR) is 64.4 cm³/mol. The van der Waals surface area contributed by atoms with Crippen molar-refractivity contribution in [3.05, 3.63) is 21.3 Å². The zero-order chi connectivity index (χ0) is 10.7. The highest BCUT2D eigenvalue weighted by molar-refractivity contribution is 7.16. The second-order valence-corrected chi connectivity index (χ2v) is 5.79. The minimum Gasteiger partial charge on any atom is -0.381 e. The second kappa shape index (κ2) is 5.30. The normalized spacial score (nSPS) is 20.4. The number of ether oxygens (including phenoxy) is 1. The van der Waals surface area contributed by atoms with Crippen LogP contribution in [0.1, 0.15) is 30.2 Å². The van der Waals surface area contributed by atoms with E-state index >= 15 is 0 Å². The summed E-state index contributed by atoms with van der Waals surface area (Å²) in [5.74, 6) is 0.717. The number of halogens is 1. The van der Waals surface area contributed by atoms with Gasteiger partial charge in [0, 0.05) is 24.1 Å². The molecule has 1 fully saturated rings. The Morgan fingerprint density at radius 3 is 2.80 bits per heavy atom. The lowest BCUT2D eigenvalue weighted by Gasteiger charge is -2.24. The molecule has 2 rings (SSSR count). The molecule has 0 bridgehead atoms. The van der Waals surface area contributed by atoms with Gasteiger partial charge in [0.25, 0.3) is 0 Å². The van der Waals surface area contributed by atoms with E-state index in [1.54, 1.807) is 11.3 Å². The van der Waals surface area contributed by atoms with Gasteiger partial charge in [0.05, 0.1) is 4.34 Å². The molecule has 1 aliphatic rings. The Bertz CT molecular complexity index is 309. The van der Waals surface area contributed by atoms with E-state index in [1.165, 1.54) is 4.88 Å². The van der Waals surface area contributed by atoms with Gasteiger partial charge < -0.3 is 10.5 Å². The number of thiophene rings is 1. The first kappa shape index (κ1) is 11.4. The Balaban J connectivity index is 1.88. The minimum atomic E-state index is 0.144. The van der Waals surface area contributed by atoms with Gasteiger partial charge in [-0.2, -0.15) is 0 Å². The van der Waals surface area contributed by atoms with E-state index in [9.17, 15) is 0 Å². The third-order valence-corrected chi connectivity index (χ3v) is 4.25. The summed E-state index contributed by atoms with van der Waals surface area (Å²) in [6.45, 7) is 1.78. The summed E-state index contributed by atoms with van der Waals surface area (Å²) in [5.41, 5.74) is 6.15. The molecule has 0 amide bonds. The Morgan fingerprint density at radius 2 is 2.20 bits per heavy atom. The van der Waals surface area contributed by atoms with Crippen molar-refractivity contribution in [3.63, 3.8) is 0 Å².